The van der Waals surface area contributed by atoms with Gasteiger partial charge in [-0.05, 0) is 80.1 Å². The summed E-state index contributed by atoms with van der Waals surface area (Å²) in [6.07, 6.45) is 1.66. The Bertz CT molecular complexity index is 1660. The van der Waals surface area contributed by atoms with Crippen LogP contribution in [0.25, 0.3) is 6.08 Å². The molecule has 1 atom stereocenters. The third kappa shape index (κ3) is 6.30. The maximum Gasteiger partial charge on any atom is 0.343 e. The van der Waals surface area contributed by atoms with Crippen LogP contribution < -0.4 is 24.4 Å². The number of carbonyl (C=O) groups is 2. The van der Waals surface area contributed by atoms with Crippen LogP contribution in [-0.4, -0.2) is 42.9 Å². The van der Waals surface area contributed by atoms with Crippen LogP contribution in [0.5, 0.6) is 11.5 Å². The summed E-state index contributed by atoms with van der Waals surface area (Å²) >= 11 is 3.35. The van der Waals surface area contributed by atoms with Gasteiger partial charge in [0, 0.05) is 5.56 Å². The molecule has 0 spiro atoms. The number of para-hydroxylation sites is 1. The molecule has 2 heterocycles. The van der Waals surface area contributed by atoms with Crippen molar-refractivity contribution < 1.29 is 28.5 Å². The van der Waals surface area contributed by atoms with Gasteiger partial charge < -0.3 is 18.9 Å². The van der Waals surface area contributed by atoms with Crippen molar-refractivity contribution in [3.63, 3.8) is 0 Å². The molecule has 11 heteroatoms. The maximum absolute atomic E-state index is 13.9. The summed E-state index contributed by atoms with van der Waals surface area (Å²) in [6.45, 7) is 7.31. The predicted octanol–water partition coefficient (Wildman–Crippen LogP) is 3.74. The van der Waals surface area contributed by atoms with Crippen LogP contribution in [-0.2, 0) is 19.1 Å². The minimum absolute atomic E-state index is 0.116. The van der Waals surface area contributed by atoms with Crippen LogP contribution in [0.2, 0.25) is 0 Å². The quantitative estimate of drug-likeness (QED) is 0.251. The van der Waals surface area contributed by atoms with Gasteiger partial charge in [0.25, 0.3) is 5.56 Å². The van der Waals surface area contributed by atoms with Crippen LogP contribution in [0.3, 0.4) is 0 Å². The first-order valence-electron chi connectivity index (χ1n) is 12.6. The zero-order valence-corrected chi connectivity index (χ0v) is 25.7. The summed E-state index contributed by atoms with van der Waals surface area (Å²) in [4.78, 5) is 43.6. The fourth-order valence-electron chi connectivity index (χ4n) is 4.22. The Kier molecular flexibility index (Phi) is 9.46. The van der Waals surface area contributed by atoms with Crippen molar-refractivity contribution in [1.29, 1.82) is 0 Å². The molecule has 210 valence electrons. The van der Waals surface area contributed by atoms with E-state index in [9.17, 15) is 14.4 Å². The summed E-state index contributed by atoms with van der Waals surface area (Å²) in [5.74, 6) is 0.0969. The van der Waals surface area contributed by atoms with Crippen LogP contribution in [0.4, 0.5) is 0 Å². The molecule has 4 rings (SSSR count). The van der Waals surface area contributed by atoms with E-state index in [1.165, 1.54) is 23.0 Å². The number of methoxy groups -OCH3 is 1. The number of nitrogens with zero attached hydrogens (tertiary/aromatic N) is 2. The number of carbonyl (C=O) groups excluding carboxylic acids is 2. The molecule has 0 saturated heterocycles. The largest absolute Gasteiger partial charge is 0.491 e. The maximum atomic E-state index is 13.9. The number of hydrogen-bond acceptors (Lipinski definition) is 9. The summed E-state index contributed by atoms with van der Waals surface area (Å²) in [6, 6.07) is 12.0. The monoisotopic (exact) mass is 676 g/mol. The molecule has 3 aromatic rings. The minimum Gasteiger partial charge on any atom is -0.491 e. The Morgan fingerprint density at radius 3 is 2.60 bits per heavy atom. The fraction of sp³-hybridized carbons (Fsp3) is 0.310. The molecule has 1 aromatic heterocycles. The molecule has 0 bridgehead atoms. The molecule has 9 nitrogen and oxygen atoms in total. The highest BCUT2D eigenvalue weighted by atomic mass is 127. The number of hydrogen-bond donors (Lipinski definition) is 0. The summed E-state index contributed by atoms with van der Waals surface area (Å²) in [7, 11) is 1.30. The van der Waals surface area contributed by atoms with Gasteiger partial charge in [-0.1, -0.05) is 35.6 Å². The van der Waals surface area contributed by atoms with Crippen LogP contribution in [0, 0.1) is 3.57 Å². The lowest BCUT2D eigenvalue weighted by Crippen LogP contribution is -2.40. The fourth-order valence-corrected chi connectivity index (χ4v) is 5.97. The van der Waals surface area contributed by atoms with Gasteiger partial charge in [0.05, 0.1) is 39.2 Å². The Hall–Kier alpha value is -3.45. The number of halogens is 1. The van der Waals surface area contributed by atoms with Crippen molar-refractivity contribution in [3.05, 3.63) is 88.1 Å². The first kappa shape index (κ1) is 29.5. The highest BCUT2D eigenvalue weighted by Crippen LogP contribution is 2.36. The second kappa shape index (κ2) is 12.8. The zero-order chi connectivity index (χ0) is 29.0. The molecular weight excluding hydrogens is 647 g/mol. The van der Waals surface area contributed by atoms with E-state index >= 15 is 0 Å². The Morgan fingerprint density at radius 2 is 1.93 bits per heavy atom. The molecule has 40 heavy (non-hydrogen) atoms. The van der Waals surface area contributed by atoms with Gasteiger partial charge in [-0.2, -0.15) is 0 Å². The van der Waals surface area contributed by atoms with E-state index in [4.69, 9.17) is 14.2 Å². The molecule has 0 aliphatic carbocycles. The van der Waals surface area contributed by atoms with Gasteiger partial charge in [0.2, 0.25) is 0 Å². The van der Waals surface area contributed by atoms with E-state index in [-0.39, 0.29) is 24.9 Å². The van der Waals surface area contributed by atoms with Gasteiger partial charge in [0.1, 0.15) is 17.5 Å². The molecule has 0 fully saturated rings. The minimum atomic E-state index is -0.776. The van der Waals surface area contributed by atoms with Gasteiger partial charge in [-0.25, -0.2) is 14.6 Å². The molecule has 0 unspecified atom stereocenters. The van der Waals surface area contributed by atoms with Crippen molar-refractivity contribution in [2.75, 3.05) is 20.3 Å². The summed E-state index contributed by atoms with van der Waals surface area (Å²) in [5, 5.41) is 0. The summed E-state index contributed by atoms with van der Waals surface area (Å²) < 4.78 is 24.4. The van der Waals surface area contributed by atoms with Crippen LogP contribution >= 0.6 is 33.9 Å². The average Bonchev–Trinajstić information content (AvgIpc) is 3.21. The van der Waals surface area contributed by atoms with Crippen molar-refractivity contribution in [2.24, 2.45) is 4.99 Å². The van der Waals surface area contributed by atoms with Crippen molar-refractivity contribution in [2.45, 2.75) is 39.8 Å². The second-order valence-corrected chi connectivity index (χ2v) is 11.2. The summed E-state index contributed by atoms with van der Waals surface area (Å²) in [5.41, 5.74) is 1.92. The van der Waals surface area contributed by atoms with E-state index in [0.717, 1.165) is 9.13 Å². The van der Waals surface area contributed by atoms with Crippen LogP contribution in [0.1, 0.15) is 44.9 Å². The van der Waals surface area contributed by atoms with Crippen molar-refractivity contribution >= 4 is 51.9 Å². The van der Waals surface area contributed by atoms with E-state index in [1.807, 2.05) is 44.2 Å². The lowest BCUT2D eigenvalue weighted by atomic mass is 9.95. The molecular formula is C29H29IN2O7S. The van der Waals surface area contributed by atoms with E-state index < -0.39 is 18.0 Å². The first-order valence-corrected chi connectivity index (χ1v) is 14.5. The Labute approximate surface area is 248 Å². The number of thiazole rings is 1. The van der Waals surface area contributed by atoms with Gasteiger partial charge in [0.15, 0.2) is 11.4 Å². The van der Waals surface area contributed by atoms with Gasteiger partial charge in [-0.15, -0.1) is 0 Å². The number of ether oxygens (including phenoxy) is 4. The SMILES string of the molecule is CCOC(=O)C1=C(C)N=c2s/c(=C/c3ccc(OCC(=O)OC)c(I)c3)c(=O)n2[C@H]1c1ccccc1OC(C)C. The van der Waals surface area contributed by atoms with E-state index in [2.05, 4.69) is 32.3 Å². The highest BCUT2D eigenvalue weighted by Gasteiger charge is 2.35. The number of benzene rings is 2. The second-order valence-electron chi connectivity index (χ2n) is 9.06. The van der Waals surface area contributed by atoms with Crippen LogP contribution in [0.15, 0.2) is 63.5 Å². The molecule has 1 aliphatic heterocycles. The average molecular weight is 677 g/mol. The lowest BCUT2D eigenvalue weighted by Gasteiger charge is -2.26. The number of rotatable bonds is 9. The molecule has 1 aliphatic rings. The molecule has 0 radical (unpaired) electrons. The van der Waals surface area contributed by atoms with E-state index in [0.29, 0.717) is 37.7 Å². The third-order valence-corrected chi connectivity index (χ3v) is 7.75. The van der Waals surface area contributed by atoms with Gasteiger partial charge >= 0.3 is 11.9 Å². The topological polar surface area (TPSA) is 105 Å². The first-order chi connectivity index (χ1) is 19.1. The van der Waals surface area contributed by atoms with E-state index in [1.54, 1.807) is 32.1 Å². The van der Waals surface area contributed by atoms with Gasteiger partial charge in [-0.3, -0.25) is 9.36 Å². The number of allylic oxidation sites excluding steroid dienone is 1. The van der Waals surface area contributed by atoms with Crippen molar-refractivity contribution in [3.8, 4) is 11.5 Å². The standard InChI is InChI=1S/C29H29IN2O7S/c1-6-37-28(35)25-17(4)31-29-32(26(25)19-9-7-8-10-21(19)39-16(2)3)27(34)23(40-29)14-18-11-12-22(20(30)13-18)38-15-24(33)36-5/h7-14,16,26H,6,15H2,1-5H3/b23-14+/t26-/m0/s1. The highest BCUT2D eigenvalue weighted by molar-refractivity contribution is 14.1. The normalized spacial score (nSPS) is 15.0. The molecule has 2 aromatic carbocycles. The van der Waals surface area contributed by atoms with Crippen molar-refractivity contribution in [1.82, 2.24) is 4.57 Å². The number of aromatic nitrogens is 1. The predicted molar refractivity (Wildman–Crippen MR) is 159 cm³/mol. The number of esters is 2. The lowest BCUT2D eigenvalue weighted by molar-refractivity contribution is -0.143. The Morgan fingerprint density at radius 1 is 1.18 bits per heavy atom. The molecule has 0 saturated carbocycles. The Balaban J connectivity index is 1.85. The zero-order valence-electron chi connectivity index (χ0n) is 22.7. The molecule has 0 N–H and O–H groups in total. The number of fused-ring (bicyclic) bond motifs is 1. The smallest absolute Gasteiger partial charge is 0.343 e. The molecule has 0 amide bonds. The third-order valence-electron chi connectivity index (χ3n) is 5.92.